The summed E-state index contributed by atoms with van der Waals surface area (Å²) in [4.78, 5) is 2.51. The normalized spacial score (nSPS) is 22.7. The number of nitrogens with zero attached hydrogens (tertiary/aromatic N) is 6. The molecule has 2 aliphatic rings. The highest BCUT2D eigenvalue weighted by Crippen LogP contribution is 2.29. The molecule has 0 radical (unpaired) electrons. The quantitative estimate of drug-likeness (QED) is 0.864. The lowest BCUT2D eigenvalue weighted by molar-refractivity contribution is 0.193. The summed E-state index contributed by atoms with van der Waals surface area (Å²) >= 11 is 1.71. The Morgan fingerprint density at radius 1 is 1.04 bits per heavy atom. The van der Waals surface area contributed by atoms with Gasteiger partial charge in [0.2, 0.25) is 0 Å². The average molecular weight is 332 g/mol. The largest absolute Gasteiger partial charge is 0.315 e. The van der Waals surface area contributed by atoms with Crippen molar-refractivity contribution in [2.75, 3.05) is 13.1 Å². The van der Waals surface area contributed by atoms with Crippen LogP contribution in [0.1, 0.15) is 59.7 Å². The van der Waals surface area contributed by atoms with Crippen LogP contribution in [0.15, 0.2) is 0 Å². The highest BCUT2D eigenvalue weighted by molar-refractivity contribution is 7.11. The fourth-order valence-corrected chi connectivity index (χ4v) is 4.56. The lowest BCUT2D eigenvalue weighted by Crippen LogP contribution is -2.35. The third-order valence-electron chi connectivity index (χ3n) is 4.94. The van der Waals surface area contributed by atoms with Crippen LogP contribution in [0.2, 0.25) is 0 Å². The van der Waals surface area contributed by atoms with E-state index in [1.807, 2.05) is 6.92 Å². The minimum absolute atomic E-state index is 0.511. The zero-order valence-electron chi connectivity index (χ0n) is 13.7. The van der Waals surface area contributed by atoms with E-state index in [4.69, 9.17) is 0 Å². The van der Waals surface area contributed by atoms with Gasteiger partial charge in [0, 0.05) is 25.4 Å². The number of aromatic nitrogens is 5. The van der Waals surface area contributed by atoms with E-state index >= 15 is 0 Å². The molecule has 1 fully saturated rings. The van der Waals surface area contributed by atoms with E-state index in [-0.39, 0.29) is 0 Å². The number of piperidine rings is 1. The van der Waals surface area contributed by atoms with E-state index in [0.29, 0.717) is 5.92 Å². The molecule has 4 rings (SSSR count). The van der Waals surface area contributed by atoms with Gasteiger partial charge >= 0.3 is 0 Å². The molecule has 0 spiro atoms. The minimum Gasteiger partial charge on any atom is -0.315 e. The van der Waals surface area contributed by atoms with E-state index < -0.39 is 0 Å². The van der Waals surface area contributed by atoms with Gasteiger partial charge in [0.15, 0.2) is 0 Å². The van der Waals surface area contributed by atoms with Crippen molar-refractivity contribution in [3.8, 4) is 0 Å². The van der Waals surface area contributed by atoms with Gasteiger partial charge in [-0.15, -0.1) is 31.7 Å². The van der Waals surface area contributed by atoms with Crippen molar-refractivity contribution in [2.24, 2.45) is 0 Å². The van der Waals surface area contributed by atoms with Gasteiger partial charge < -0.3 is 4.57 Å². The van der Waals surface area contributed by atoms with E-state index in [9.17, 15) is 0 Å². The number of hydrogen-bond donors (Lipinski definition) is 0. The van der Waals surface area contributed by atoms with Crippen LogP contribution >= 0.6 is 11.3 Å². The van der Waals surface area contributed by atoms with Crippen molar-refractivity contribution in [1.82, 2.24) is 29.9 Å². The topological polar surface area (TPSA) is 59.7 Å². The number of fused-ring (bicyclic) bond motifs is 1. The van der Waals surface area contributed by atoms with Crippen LogP contribution in [0.5, 0.6) is 0 Å². The molecule has 0 aliphatic carbocycles. The maximum absolute atomic E-state index is 4.57. The standard InChI is InChI=1S/C16H24N6S/c1-12-17-19-15(23-12)11-21-8-5-6-13(10-21)16-20-18-14-7-3-2-4-9-22(14)16/h13H,2-11H2,1H3/t13-/m1/s1. The van der Waals surface area contributed by atoms with Crippen molar-refractivity contribution in [3.63, 3.8) is 0 Å². The molecular weight excluding hydrogens is 308 g/mol. The predicted molar refractivity (Wildman–Crippen MR) is 89.5 cm³/mol. The van der Waals surface area contributed by atoms with Crippen LogP contribution in [0.25, 0.3) is 0 Å². The van der Waals surface area contributed by atoms with Crippen molar-refractivity contribution >= 4 is 11.3 Å². The van der Waals surface area contributed by atoms with Gasteiger partial charge in [-0.05, 0) is 39.2 Å². The number of rotatable bonds is 3. The first-order valence-corrected chi connectivity index (χ1v) is 9.54. The second-order valence-electron chi connectivity index (χ2n) is 6.73. The first-order valence-electron chi connectivity index (χ1n) is 8.73. The Morgan fingerprint density at radius 3 is 2.87 bits per heavy atom. The van der Waals surface area contributed by atoms with Gasteiger partial charge in [0.05, 0.1) is 6.54 Å². The van der Waals surface area contributed by atoms with Crippen LogP contribution in [0, 0.1) is 6.92 Å². The van der Waals surface area contributed by atoms with Gasteiger partial charge in [-0.2, -0.15) is 0 Å². The lowest BCUT2D eigenvalue weighted by atomic mass is 9.97. The number of hydrogen-bond acceptors (Lipinski definition) is 6. The van der Waals surface area contributed by atoms with E-state index in [1.165, 1.54) is 43.8 Å². The molecule has 0 amide bonds. The molecular formula is C16H24N6S. The van der Waals surface area contributed by atoms with Crippen LogP contribution < -0.4 is 0 Å². The molecule has 2 aromatic heterocycles. The van der Waals surface area contributed by atoms with Crippen molar-refractivity contribution < 1.29 is 0 Å². The summed E-state index contributed by atoms with van der Waals surface area (Å²) in [5.41, 5.74) is 0. The maximum atomic E-state index is 4.57. The second kappa shape index (κ2) is 6.65. The Labute approximate surface area is 140 Å². The zero-order valence-corrected chi connectivity index (χ0v) is 14.6. The summed E-state index contributed by atoms with van der Waals surface area (Å²) in [5, 5.41) is 19.6. The van der Waals surface area contributed by atoms with E-state index in [1.54, 1.807) is 11.3 Å². The molecule has 1 atom stereocenters. The molecule has 124 valence electrons. The van der Waals surface area contributed by atoms with Crippen LogP contribution in [-0.4, -0.2) is 43.0 Å². The first-order chi connectivity index (χ1) is 11.3. The van der Waals surface area contributed by atoms with Gasteiger partial charge in [-0.25, -0.2) is 0 Å². The smallest absolute Gasteiger partial charge is 0.137 e. The minimum atomic E-state index is 0.511. The lowest BCUT2D eigenvalue weighted by Gasteiger charge is -2.31. The molecule has 0 unspecified atom stereocenters. The van der Waals surface area contributed by atoms with Gasteiger partial charge in [0.1, 0.15) is 21.7 Å². The van der Waals surface area contributed by atoms with Crippen molar-refractivity contribution in [2.45, 2.75) is 64.5 Å². The SMILES string of the molecule is Cc1nnc(CN2CCC[C@@H](c3nnc4n3CCCCC4)C2)s1. The van der Waals surface area contributed by atoms with Gasteiger partial charge in [-0.1, -0.05) is 6.42 Å². The molecule has 4 heterocycles. The Balaban J connectivity index is 1.48. The highest BCUT2D eigenvalue weighted by atomic mass is 32.1. The third kappa shape index (κ3) is 3.30. The molecule has 1 saturated heterocycles. The molecule has 0 N–H and O–H groups in total. The molecule has 0 aromatic carbocycles. The number of likely N-dealkylation sites (tertiary alicyclic amines) is 1. The fourth-order valence-electron chi connectivity index (χ4n) is 3.81. The Kier molecular flexibility index (Phi) is 4.39. The van der Waals surface area contributed by atoms with E-state index in [0.717, 1.165) is 42.6 Å². The summed E-state index contributed by atoms with van der Waals surface area (Å²) < 4.78 is 2.41. The second-order valence-corrected chi connectivity index (χ2v) is 7.99. The summed E-state index contributed by atoms with van der Waals surface area (Å²) in [6.07, 6.45) is 7.38. The molecule has 6 nitrogen and oxygen atoms in total. The predicted octanol–water partition coefficient (Wildman–Crippen LogP) is 2.54. The summed E-state index contributed by atoms with van der Waals surface area (Å²) in [6.45, 7) is 6.26. The summed E-state index contributed by atoms with van der Waals surface area (Å²) in [5.74, 6) is 2.94. The van der Waals surface area contributed by atoms with Crippen molar-refractivity contribution in [3.05, 3.63) is 21.7 Å². The molecule has 2 aromatic rings. The summed E-state index contributed by atoms with van der Waals surface area (Å²) in [7, 11) is 0. The first kappa shape index (κ1) is 15.2. The monoisotopic (exact) mass is 332 g/mol. The molecule has 2 aliphatic heterocycles. The highest BCUT2D eigenvalue weighted by Gasteiger charge is 2.27. The molecule has 0 saturated carbocycles. The van der Waals surface area contributed by atoms with Gasteiger partial charge in [0.25, 0.3) is 0 Å². The van der Waals surface area contributed by atoms with Gasteiger partial charge in [-0.3, -0.25) is 4.90 Å². The Morgan fingerprint density at radius 2 is 2.00 bits per heavy atom. The van der Waals surface area contributed by atoms with Crippen LogP contribution in [0.3, 0.4) is 0 Å². The summed E-state index contributed by atoms with van der Waals surface area (Å²) in [6, 6.07) is 0. The maximum Gasteiger partial charge on any atom is 0.137 e. The van der Waals surface area contributed by atoms with E-state index in [2.05, 4.69) is 29.9 Å². The molecule has 0 bridgehead atoms. The third-order valence-corrected chi connectivity index (χ3v) is 5.76. The van der Waals surface area contributed by atoms with Crippen LogP contribution in [0.4, 0.5) is 0 Å². The van der Waals surface area contributed by atoms with Crippen molar-refractivity contribution in [1.29, 1.82) is 0 Å². The van der Waals surface area contributed by atoms with Crippen LogP contribution in [-0.2, 0) is 19.5 Å². The molecule has 23 heavy (non-hydrogen) atoms. The zero-order chi connectivity index (χ0) is 15.6. The Bertz CT molecular complexity index is 663. The average Bonchev–Trinajstić information content (AvgIpc) is 3.07. The fraction of sp³-hybridized carbons (Fsp3) is 0.750. The Hall–Kier alpha value is -1.34. The number of aryl methyl sites for hydroxylation is 2. The molecule has 7 heteroatoms.